The van der Waals surface area contributed by atoms with Crippen LogP contribution in [0.25, 0.3) is 0 Å². The molecule has 0 aliphatic heterocycles. The fourth-order valence-corrected chi connectivity index (χ4v) is 6.26. The maximum absolute atomic E-state index is 12.7. The SMILES string of the molecule is COC(=O)CNS(=O)(=O)c1ccccc1NC(=O)C(C)(C)NC(=O)OC(C)(C)C.COC(=O)CNS(=O)(=O)c1ccccc1NC(=O)C(C)(C)NC(=O)OC(C)(C)C. The summed E-state index contributed by atoms with van der Waals surface area (Å²) < 4.78 is 73.2. The van der Waals surface area contributed by atoms with Gasteiger partial charge in [0.15, 0.2) is 0 Å². The fraction of sp³-hybridized carbons (Fsp3) is 0.500. The molecule has 0 atom stereocenters. The minimum absolute atomic E-state index is 0.0195. The third kappa shape index (κ3) is 17.4. The molecular weight excluding hydrogens is 805 g/mol. The van der Waals surface area contributed by atoms with Crippen LogP contribution in [0.15, 0.2) is 58.3 Å². The van der Waals surface area contributed by atoms with E-state index >= 15 is 0 Å². The normalized spacial score (nSPS) is 12.1. The van der Waals surface area contributed by atoms with Crippen molar-refractivity contribution in [3.05, 3.63) is 48.5 Å². The standard InChI is InChI=1S/2C18H27N3O7S/c2*1-17(2,3)28-16(24)21-18(4,5)15(23)20-12-9-7-8-10-13(12)29(25,26)19-11-14(22)27-6/h2*7-10,19H,11H2,1-6H3,(H,20,23)(H,21,24). The number of carbonyl (C=O) groups excluding carboxylic acids is 6. The van der Waals surface area contributed by atoms with Crippen molar-refractivity contribution in [1.29, 1.82) is 0 Å². The molecule has 2 aromatic carbocycles. The van der Waals surface area contributed by atoms with Gasteiger partial charge < -0.3 is 40.2 Å². The number of alkyl carbamates (subject to hydrolysis) is 2. The van der Waals surface area contributed by atoms with Crippen molar-refractivity contribution in [2.24, 2.45) is 0 Å². The van der Waals surface area contributed by atoms with Crippen molar-refractivity contribution < 1.29 is 64.6 Å². The van der Waals surface area contributed by atoms with Crippen LogP contribution in [0.5, 0.6) is 0 Å². The Balaban J connectivity index is 0.000000580. The van der Waals surface area contributed by atoms with Crippen molar-refractivity contribution in [2.45, 2.75) is 101 Å². The van der Waals surface area contributed by atoms with Crippen molar-refractivity contribution in [1.82, 2.24) is 20.1 Å². The average molecular weight is 859 g/mol. The molecule has 0 aromatic heterocycles. The van der Waals surface area contributed by atoms with E-state index < -0.39 is 91.4 Å². The lowest BCUT2D eigenvalue weighted by Crippen LogP contribution is -2.53. The van der Waals surface area contributed by atoms with Crippen LogP contribution in [0.3, 0.4) is 0 Å². The zero-order chi connectivity index (χ0) is 44.9. The number of methoxy groups -OCH3 is 2. The number of sulfonamides is 2. The molecule has 0 radical (unpaired) electrons. The van der Waals surface area contributed by atoms with Crippen molar-refractivity contribution in [2.75, 3.05) is 37.9 Å². The topological polar surface area (TPSA) is 280 Å². The van der Waals surface area contributed by atoms with E-state index in [1.807, 2.05) is 0 Å². The van der Waals surface area contributed by atoms with Gasteiger partial charge in [-0.15, -0.1) is 0 Å². The summed E-state index contributed by atoms with van der Waals surface area (Å²) in [6, 6.07) is 11.3. The lowest BCUT2D eigenvalue weighted by atomic mass is 10.0. The molecule has 0 aliphatic carbocycles. The number of para-hydroxylation sites is 2. The minimum Gasteiger partial charge on any atom is -0.468 e. The Bertz CT molecular complexity index is 1890. The van der Waals surface area contributed by atoms with Gasteiger partial charge in [-0.3, -0.25) is 19.2 Å². The molecule has 0 saturated carbocycles. The Kier molecular flexibility index (Phi) is 17.8. The summed E-state index contributed by atoms with van der Waals surface area (Å²) in [6.07, 6.45) is -1.59. The van der Waals surface area contributed by atoms with E-state index in [9.17, 15) is 45.6 Å². The van der Waals surface area contributed by atoms with Crippen LogP contribution in [0.2, 0.25) is 0 Å². The summed E-state index contributed by atoms with van der Waals surface area (Å²) >= 11 is 0. The highest BCUT2D eigenvalue weighted by Crippen LogP contribution is 2.24. The first-order valence-electron chi connectivity index (χ1n) is 17.3. The van der Waals surface area contributed by atoms with E-state index in [1.165, 1.54) is 76.2 Å². The van der Waals surface area contributed by atoms with E-state index in [0.29, 0.717) is 0 Å². The fourth-order valence-electron chi connectivity index (χ4n) is 4.00. The summed E-state index contributed by atoms with van der Waals surface area (Å²) in [7, 11) is -5.96. The van der Waals surface area contributed by atoms with Gasteiger partial charge in [-0.2, -0.15) is 9.44 Å². The predicted octanol–water partition coefficient (Wildman–Crippen LogP) is 2.76. The summed E-state index contributed by atoms with van der Waals surface area (Å²) in [5.41, 5.74) is -4.34. The summed E-state index contributed by atoms with van der Waals surface area (Å²) in [5.74, 6) is -2.87. The van der Waals surface area contributed by atoms with Gasteiger partial charge in [0, 0.05) is 0 Å². The predicted molar refractivity (Wildman–Crippen MR) is 211 cm³/mol. The van der Waals surface area contributed by atoms with Crippen LogP contribution >= 0.6 is 0 Å². The van der Waals surface area contributed by atoms with Crippen LogP contribution in [-0.2, 0) is 58.2 Å². The molecule has 0 unspecified atom stereocenters. The number of esters is 2. The molecule has 22 heteroatoms. The van der Waals surface area contributed by atoms with Crippen LogP contribution < -0.4 is 30.7 Å². The molecule has 58 heavy (non-hydrogen) atoms. The maximum Gasteiger partial charge on any atom is 0.408 e. The Labute approximate surface area is 338 Å². The number of carbonyl (C=O) groups is 6. The number of anilines is 2. The quantitative estimate of drug-likeness (QED) is 0.118. The van der Waals surface area contributed by atoms with Gasteiger partial charge in [-0.1, -0.05) is 24.3 Å². The zero-order valence-electron chi connectivity index (χ0n) is 34.6. The van der Waals surface area contributed by atoms with Gasteiger partial charge in [-0.25, -0.2) is 26.4 Å². The molecule has 6 N–H and O–H groups in total. The number of ether oxygens (including phenoxy) is 4. The van der Waals surface area contributed by atoms with Crippen LogP contribution in [0, 0.1) is 0 Å². The van der Waals surface area contributed by atoms with E-state index in [0.717, 1.165) is 14.2 Å². The third-order valence-corrected chi connectivity index (χ3v) is 9.80. The highest BCUT2D eigenvalue weighted by Gasteiger charge is 2.34. The molecule has 20 nitrogen and oxygen atoms in total. The van der Waals surface area contributed by atoms with Crippen LogP contribution in [0.4, 0.5) is 21.0 Å². The highest BCUT2D eigenvalue weighted by molar-refractivity contribution is 7.90. The molecule has 0 heterocycles. The maximum atomic E-state index is 12.7. The summed E-state index contributed by atoms with van der Waals surface area (Å²) in [6.45, 7) is 14.7. The Morgan fingerprint density at radius 2 is 0.810 bits per heavy atom. The van der Waals surface area contributed by atoms with Crippen molar-refractivity contribution in [3.8, 4) is 0 Å². The van der Waals surface area contributed by atoms with Gasteiger partial charge in [-0.05, 0) is 93.5 Å². The van der Waals surface area contributed by atoms with Crippen LogP contribution in [-0.4, -0.2) is 102 Å². The molecule has 2 aromatic rings. The lowest BCUT2D eigenvalue weighted by molar-refractivity contribution is -0.140. The first kappa shape index (κ1) is 50.7. The Hall–Kier alpha value is -5.32. The van der Waals surface area contributed by atoms with Gasteiger partial charge >= 0.3 is 24.1 Å². The molecule has 0 fully saturated rings. The summed E-state index contributed by atoms with van der Waals surface area (Å²) in [5, 5.41) is 9.84. The number of amides is 4. The number of benzene rings is 2. The number of hydrogen-bond donors (Lipinski definition) is 6. The smallest absolute Gasteiger partial charge is 0.408 e. The largest absolute Gasteiger partial charge is 0.468 e. The zero-order valence-corrected chi connectivity index (χ0v) is 36.2. The second kappa shape index (κ2) is 20.4. The molecule has 2 rings (SSSR count). The highest BCUT2D eigenvalue weighted by atomic mass is 32.2. The Morgan fingerprint density at radius 3 is 1.09 bits per heavy atom. The minimum atomic E-state index is -4.11. The molecule has 0 bridgehead atoms. The summed E-state index contributed by atoms with van der Waals surface area (Å²) in [4.78, 5) is 71.2. The molecule has 4 amide bonds. The number of nitrogens with one attached hydrogen (secondary N) is 6. The third-order valence-electron chi connectivity index (χ3n) is 6.88. The molecule has 324 valence electrons. The van der Waals surface area contributed by atoms with E-state index in [2.05, 4.69) is 40.2 Å². The van der Waals surface area contributed by atoms with Crippen LogP contribution in [0.1, 0.15) is 69.2 Å². The van der Waals surface area contributed by atoms with Gasteiger partial charge in [0.25, 0.3) is 0 Å². The van der Waals surface area contributed by atoms with E-state index in [4.69, 9.17) is 9.47 Å². The number of hydrogen-bond acceptors (Lipinski definition) is 14. The molecule has 0 aliphatic rings. The van der Waals surface area contributed by atoms with E-state index in [1.54, 1.807) is 41.5 Å². The van der Waals surface area contributed by atoms with Crippen molar-refractivity contribution >= 4 is 67.4 Å². The second-order valence-electron chi connectivity index (χ2n) is 15.2. The molecule has 0 spiro atoms. The monoisotopic (exact) mass is 858 g/mol. The Morgan fingerprint density at radius 1 is 0.517 bits per heavy atom. The first-order chi connectivity index (χ1) is 26.4. The van der Waals surface area contributed by atoms with Gasteiger partial charge in [0.05, 0.1) is 25.6 Å². The molecule has 0 saturated heterocycles. The van der Waals surface area contributed by atoms with E-state index in [-0.39, 0.29) is 21.2 Å². The van der Waals surface area contributed by atoms with Gasteiger partial charge in [0.1, 0.15) is 45.2 Å². The lowest BCUT2D eigenvalue weighted by Gasteiger charge is -2.28. The van der Waals surface area contributed by atoms with Gasteiger partial charge in [0.2, 0.25) is 31.9 Å². The first-order valence-corrected chi connectivity index (χ1v) is 20.3. The number of rotatable bonds is 14. The average Bonchev–Trinajstić information content (AvgIpc) is 3.08. The molecular formula is C36H54N6O14S2. The second-order valence-corrected chi connectivity index (χ2v) is 18.7. The van der Waals surface area contributed by atoms with Crippen molar-refractivity contribution in [3.63, 3.8) is 0 Å².